The number of alkyl halides is 6. The van der Waals surface area contributed by atoms with Crippen molar-refractivity contribution in [3.8, 4) is 0 Å². The predicted molar refractivity (Wildman–Crippen MR) is 65.8 cm³/mol. The van der Waals surface area contributed by atoms with Crippen LogP contribution in [0, 0.1) is 11.8 Å². The summed E-state index contributed by atoms with van der Waals surface area (Å²) in [6.07, 6.45) is -14.7. The summed E-state index contributed by atoms with van der Waals surface area (Å²) in [5, 5.41) is 2.94. The molecule has 0 bridgehead atoms. The van der Waals surface area contributed by atoms with Crippen LogP contribution in [0.1, 0.15) is 33.6 Å². The summed E-state index contributed by atoms with van der Waals surface area (Å²) in [6, 6.07) is -0.499. The van der Waals surface area contributed by atoms with Gasteiger partial charge in [-0.25, -0.2) is 0 Å². The molecular formula is C13H21F6NO. The lowest BCUT2D eigenvalue weighted by Crippen LogP contribution is -2.55. The van der Waals surface area contributed by atoms with Crippen LogP contribution in [-0.4, -0.2) is 37.1 Å². The van der Waals surface area contributed by atoms with Gasteiger partial charge in [0.15, 0.2) is 0 Å². The Morgan fingerprint density at radius 2 is 1.57 bits per heavy atom. The Morgan fingerprint density at radius 3 is 2.00 bits per heavy atom. The van der Waals surface area contributed by atoms with Crippen LogP contribution < -0.4 is 5.32 Å². The maximum absolute atomic E-state index is 12.6. The molecule has 1 fully saturated rings. The maximum atomic E-state index is 12.6. The van der Waals surface area contributed by atoms with E-state index < -0.39 is 30.6 Å². The summed E-state index contributed by atoms with van der Waals surface area (Å²) in [6.45, 7) is 5.79. The lowest BCUT2D eigenvalue weighted by Gasteiger charge is -2.41. The van der Waals surface area contributed by atoms with Crippen LogP contribution >= 0.6 is 0 Å². The van der Waals surface area contributed by atoms with E-state index in [1.807, 2.05) is 6.92 Å². The third-order valence-electron chi connectivity index (χ3n) is 3.74. The van der Waals surface area contributed by atoms with Gasteiger partial charge in [0.1, 0.15) is 0 Å². The molecule has 0 saturated heterocycles. The van der Waals surface area contributed by atoms with E-state index in [0.717, 1.165) is 0 Å². The summed E-state index contributed by atoms with van der Waals surface area (Å²) >= 11 is 0. The minimum Gasteiger partial charge on any atom is -0.356 e. The normalized spacial score (nSPS) is 31.7. The average molecular weight is 321 g/mol. The van der Waals surface area contributed by atoms with Gasteiger partial charge in [-0.15, -0.1) is 0 Å². The fourth-order valence-electron chi connectivity index (χ4n) is 3.02. The molecule has 2 nitrogen and oxygen atoms in total. The first-order chi connectivity index (χ1) is 9.46. The summed E-state index contributed by atoms with van der Waals surface area (Å²) in [5.74, 6) is -0.135. The highest BCUT2D eigenvalue weighted by molar-refractivity contribution is 4.91. The largest absolute Gasteiger partial charge is 0.423 e. The number of hydrogen-bond donors (Lipinski definition) is 1. The van der Waals surface area contributed by atoms with Gasteiger partial charge in [0, 0.05) is 6.04 Å². The Bertz CT molecular complexity index is 316. The first-order valence-corrected chi connectivity index (χ1v) is 6.99. The second-order valence-corrected chi connectivity index (χ2v) is 5.78. The molecule has 0 aromatic carbocycles. The first kappa shape index (κ1) is 18.5. The average Bonchev–Trinajstić information content (AvgIpc) is 2.24. The first-order valence-electron chi connectivity index (χ1n) is 6.99. The summed E-state index contributed by atoms with van der Waals surface area (Å²) in [5.41, 5.74) is 0. The molecule has 1 saturated carbocycles. The van der Waals surface area contributed by atoms with E-state index in [1.165, 1.54) is 0 Å². The minimum atomic E-state index is -5.46. The van der Waals surface area contributed by atoms with Crippen molar-refractivity contribution in [2.45, 2.75) is 64.2 Å². The van der Waals surface area contributed by atoms with E-state index in [1.54, 1.807) is 13.8 Å². The number of nitrogens with one attached hydrogen (secondary N) is 1. The summed E-state index contributed by atoms with van der Waals surface area (Å²) < 4.78 is 80.3. The molecule has 1 aliphatic carbocycles. The molecule has 0 amide bonds. The van der Waals surface area contributed by atoms with Crippen molar-refractivity contribution in [1.29, 1.82) is 0 Å². The highest BCUT2D eigenvalue weighted by atomic mass is 19.4. The van der Waals surface area contributed by atoms with Crippen molar-refractivity contribution in [3.63, 3.8) is 0 Å². The van der Waals surface area contributed by atoms with Crippen LogP contribution in [0.25, 0.3) is 0 Å². The van der Waals surface area contributed by atoms with Gasteiger partial charge in [-0.3, -0.25) is 0 Å². The van der Waals surface area contributed by atoms with Gasteiger partial charge < -0.3 is 10.1 Å². The Balaban J connectivity index is 2.93. The molecule has 0 aromatic heterocycles. The smallest absolute Gasteiger partial charge is 0.356 e. The van der Waals surface area contributed by atoms with Crippen LogP contribution in [0.3, 0.4) is 0 Å². The molecule has 1 N–H and O–H groups in total. The molecule has 4 unspecified atom stereocenters. The van der Waals surface area contributed by atoms with Gasteiger partial charge in [-0.1, -0.05) is 20.8 Å². The van der Waals surface area contributed by atoms with Crippen LogP contribution in [0.5, 0.6) is 0 Å². The molecule has 8 heteroatoms. The fourth-order valence-corrected chi connectivity index (χ4v) is 3.02. The number of halogens is 6. The van der Waals surface area contributed by atoms with Crippen molar-refractivity contribution < 1.29 is 31.1 Å². The molecule has 21 heavy (non-hydrogen) atoms. The van der Waals surface area contributed by atoms with Gasteiger partial charge in [-0.2, -0.15) is 26.3 Å². The van der Waals surface area contributed by atoms with E-state index in [0.29, 0.717) is 19.4 Å². The van der Waals surface area contributed by atoms with Crippen LogP contribution in [0.2, 0.25) is 0 Å². The lowest BCUT2D eigenvalue weighted by molar-refractivity contribution is -0.337. The van der Waals surface area contributed by atoms with Gasteiger partial charge in [0.2, 0.25) is 6.10 Å². The molecule has 0 heterocycles. The molecule has 1 aliphatic rings. The number of hydrogen-bond acceptors (Lipinski definition) is 2. The molecule has 126 valence electrons. The molecule has 1 rings (SSSR count). The van der Waals surface area contributed by atoms with Crippen LogP contribution in [0.15, 0.2) is 0 Å². The summed E-state index contributed by atoms with van der Waals surface area (Å²) in [7, 11) is 0. The van der Waals surface area contributed by atoms with Gasteiger partial charge in [0.25, 0.3) is 0 Å². The van der Waals surface area contributed by atoms with Crippen molar-refractivity contribution >= 4 is 0 Å². The van der Waals surface area contributed by atoms with Crippen LogP contribution in [-0.2, 0) is 4.74 Å². The van der Waals surface area contributed by atoms with E-state index >= 15 is 0 Å². The Hall–Kier alpha value is -0.500. The zero-order valence-corrected chi connectivity index (χ0v) is 12.2. The second kappa shape index (κ2) is 6.73. The second-order valence-electron chi connectivity index (χ2n) is 5.78. The molecule has 0 spiro atoms. The molecule has 4 atom stereocenters. The van der Waals surface area contributed by atoms with E-state index in [9.17, 15) is 26.3 Å². The Labute approximate surface area is 120 Å². The van der Waals surface area contributed by atoms with E-state index in [-0.39, 0.29) is 11.8 Å². The van der Waals surface area contributed by atoms with Gasteiger partial charge in [-0.05, 0) is 31.2 Å². The zero-order chi connectivity index (χ0) is 16.4. The van der Waals surface area contributed by atoms with Gasteiger partial charge >= 0.3 is 12.4 Å². The van der Waals surface area contributed by atoms with E-state index in [2.05, 4.69) is 10.1 Å². The quantitative estimate of drug-likeness (QED) is 0.793. The van der Waals surface area contributed by atoms with Gasteiger partial charge in [0.05, 0.1) is 6.10 Å². The lowest BCUT2D eigenvalue weighted by atomic mass is 9.78. The number of rotatable bonds is 4. The SMILES string of the molecule is CCNC1CC(C)CC(C)C1OC(C(F)(F)F)C(F)(F)F. The number of likely N-dealkylation sites (N-methyl/N-ethyl adjacent to an activating group) is 1. The Morgan fingerprint density at radius 1 is 1.05 bits per heavy atom. The maximum Gasteiger partial charge on any atom is 0.423 e. The van der Waals surface area contributed by atoms with Crippen molar-refractivity contribution in [1.82, 2.24) is 5.32 Å². The third-order valence-corrected chi connectivity index (χ3v) is 3.74. The number of ether oxygens (including phenoxy) is 1. The monoisotopic (exact) mass is 321 g/mol. The standard InChI is InChI=1S/C13H21F6NO/c1-4-20-9-6-7(2)5-8(3)10(9)21-11(12(14,15)16)13(17,18)19/h7-11,20H,4-6H2,1-3H3. The van der Waals surface area contributed by atoms with E-state index in [4.69, 9.17) is 0 Å². The predicted octanol–water partition coefficient (Wildman–Crippen LogP) is 3.91. The fraction of sp³-hybridized carbons (Fsp3) is 1.00. The molecule has 0 radical (unpaired) electrons. The van der Waals surface area contributed by atoms with Crippen molar-refractivity contribution in [2.75, 3.05) is 6.54 Å². The summed E-state index contributed by atoms with van der Waals surface area (Å²) in [4.78, 5) is 0. The highest BCUT2D eigenvalue weighted by Crippen LogP contribution is 2.40. The molecular weight excluding hydrogens is 300 g/mol. The zero-order valence-electron chi connectivity index (χ0n) is 12.2. The minimum absolute atomic E-state index is 0.235. The van der Waals surface area contributed by atoms with Crippen molar-refractivity contribution in [3.05, 3.63) is 0 Å². The van der Waals surface area contributed by atoms with Crippen molar-refractivity contribution in [2.24, 2.45) is 11.8 Å². The topological polar surface area (TPSA) is 21.3 Å². The molecule has 0 aromatic rings. The Kier molecular flexibility index (Phi) is 5.94. The highest BCUT2D eigenvalue weighted by Gasteiger charge is 2.59. The third kappa shape index (κ3) is 5.02. The molecule has 0 aliphatic heterocycles. The van der Waals surface area contributed by atoms with Crippen LogP contribution in [0.4, 0.5) is 26.3 Å².